The molecule has 0 saturated carbocycles. The molecule has 20 heavy (non-hydrogen) atoms. The van der Waals surface area contributed by atoms with Crippen LogP contribution in [0.5, 0.6) is 0 Å². The number of aryl methyl sites for hydroxylation is 2. The van der Waals surface area contributed by atoms with Crippen LogP contribution in [0.15, 0.2) is 35.1 Å². The van der Waals surface area contributed by atoms with E-state index in [1.807, 2.05) is 31.2 Å². The zero-order valence-corrected chi connectivity index (χ0v) is 11.4. The highest BCUT2D eigenvalue weighted by atomic mass is 16.1. The Hall–Kier alpha value is -2.56. The van der Waals surface area contributed by atoms with Crippen molar-refractivity contribution >= 4 is 27.7 Å². The van der Waals surface area contributed by atoms with Crippen molar-refractivity contribution in [3.05, 3.63) is 46.4 Å². The first-order valence-electron chi connectivity index (χ1n) is 6.47. The first kappa shape index (κ1) is 12.5. The third-order valence-corrected chi connectivity index (χ3v) is 3.72. The van der Waals surface area contributed by atoms with E-state index >= 15 is 0 Å². The summed E-state index contributed by atoms with van der Waals surface area (Å²) in [6, 6.07) is 9.25. The van der Waals surface area contributed by atoms with Gasteiger partial charge in [0.05, 0.1) is 16.4 Å². The topological polar surface area (TPSA) is 70.0 Å². The van der Waals surface area contributed by atoms with Gasteiger partial charge >= 0.3 is 0 Å². The van der Waals surface area contributed by atoms with E-state index in [1.54, 1.807) is 22.2 Å². The van der Waals surface area contributed by atoms with E-state index < -0.39 is 5.91 Å². The van der Waals surface area contributed by atoms with Gasteiger partial charge < -0.3 is 14.9 Å². The molecule has 0 spiro atoms. The quantitative estimate of drug-likeness (QED) is 0.767. The molecule has 2 aromatic heterocycles. The lowest BCUT2D eigenvalue weighted by Gasteiger charge is -2.10. The summed E-state index contributed by atoms with van der Waals surface area (Å²) in [6.45, 7) is 2.51. The second-order valence-corrected chi connectivity index (χ2v) is 4.78. The van der Waals surface area contributed by atoms with Crippen LogP contribution in [0.3, 0.4) is 0 Å². The molecule has 0 aliphatic heterocycles. The maximum atomic E-state index is 12.4. The van der Waals surface area contributed by atoms with E-state index in [1.165, 1.54) is 0 Å². The molecule has 5 nitrogen and oxygen atoms in total. The fraction of sp³-hybridized carbons (Fsp3) is 0.200. The summed E-state index contributed by atoms with van der Waals surface area (Å²) in [4.78, 5) is 24.0. The van der Waals surface area contributed by atoms with Crippen molar-refractivity contribution in [3.8, 4) is 0 Å². The van der Waals surface area contributed by atoms with E-state index in [0.717, 1.165) is 16.4 Å². The van der Waals surface area contributed by atoms with Gasteiger partial charge in [-0.05, 0) is 19.1 Å². The molecule has 0 aliphatic rings. The van der Waals surface area contributed by atoms with Gasteiger partial charge in [-0.1, -0.05) is 18.2 Å². The Kier molecular flexibility index (Phi) is 2.64. The number of hydrogen-bond donors (Lipinski definition) is 1. The van der Waals surface area contributed by atoms with Crippen LogP contribution in [-0.2, 0) is 13.6 Å². The number of aromatic nitrogens is 2. The number of para-hydroxylation sites is 1. The zero-order valence-electron chi connectivity index (χ0n) is 11.4. The Morgan fingerprint density at radius 3 is 2.60 bits per heavy atom. The van der Waals surface area contributed by atoms with Crippen molar-refractivity contribution in [2.45, 2.75) is 13.5 Å². The van der Waals surface area contributed by atoms with Crippen LogP contribution >= 0.6 is 0 Å². The van der Waals surface area contributed by atoms with Crippen molar-refractivity contribution in [2.24, 2.45) is 12.8 Å². The van der Waals surface area contributed by atoms with Crippen molar-refractivity contribution in [2.75, 3.05) is 0 Å². The fourth-order valence-corrected chi connectivity index (χ4v) is 2.79. The Balaban J connectivity index is 2.67. The molecule has 0 radical (unpaired) electrons. The summed E-state index contributed by atoms with van der Waals surface area (Å²) in [7, 11) is 1.73. The number of pyridine rings is 1. The zero-order chi connectivity index (χ0) is 14.4. The van der Waals surface area contributed by atoms with Crippen LogP contribution in [0, 0.1) is 0 Å². The van der Waals surface area contributed by atoms with E-state index in [0.29, 0.717) is 17.6 Å². The lowest BCUT2D eigenvalue weighted by Crippen LogP contribution is -2.17. The molecule has 0 bridgehead atoms. The maximum absolute atomic E-state index is 12.4. The number of carbonyl (C=O) groups is 1. The summed E-state index contributed by atoms with van der Waals surface area (Å²) in [5.41, 5.74) is 7.29. The van der Waals surface area contributed by atoms with Gasteiger partial charge in [0.25, 0.3) is 11.5 Å². The number of primary amides is 1. The average Bonchev–Trinajstić information content (AvgIpc) is 2.84. The molecular formula is C15H15N3O2. The predicted molar refractivity (Wildman–Crippen MR) is 78.9 cm³/mol. The molecule has 1 amide bonds. The predicted octanol–water partition coefficient (Wildman–Crippen LogP) is 1.61. The molecule has 3 aromatic rings. The Bertz CT molecular complexity index is 903. The summed E-state index contributed by atoms with van der Waals surface area (Å²) in [6.07, 6.45) is 0. The van der Waals surface area contributed by atoms with Crippen molar-refractivity contribution < 1.29 is 4.79 Å². The van der Waals surface area contributed by atoms with Gasteiger partial charge in [0.1, 0.15) is 5.69 Å². The number of fused-ring (bicyclic) bond motifs is 3. The number of hydrogen-bond acceptors (Lipinski definition) is 2. The second-order valence-electron chi connectivity index (χ2n) is 4.78. The SMILES string of the molecule is CCn1c(C(N)=O)cc2c(=O)n(C)c3ccccc3c21. The minimum Gasteiger partial charge on any atom is -0.364 e. The van der Waals surface area contributed by atoms with Gasteiger partial charge in [0.15, 0.2) is 0 Å². The number of nitrogens with two attached hydrogens (primary N) is 1. The summed E-state index contributed by atoms with van der Waals surface area (Å²) in [5, 5.41) is 1.47. The monoisotopic (exact) mass is 269 g/mol. The van der Waals surface area contributed by atoms with E-state index in [4.69, 9.17) is 5.73 Å². The van der Waals surface area contributed by atoms with Crippen molar-refractivity contribution in [3.63, 3.8) is 0 Å². The first-order chi connectivity index (χ1) is 9.56. The van der Waals surface area contributed by atoms with E-state index in [9.17, 15) is 9.59 Å². The maximum Gasteiger partial charge on any atom is 0.265 e. The van der Waals surface area contributed by atoms with Gasteiger partial charge in [-0.3, -0.25) is 9.59 Å². The molecule has 5 heteroatoms. The lowest BCUT2D eigenvalue weighted by molar-refractivity contribution is 0.0992. The molecular weight excluding hydrogens is 254 g/mol. The van der Waals surface area contributed by atoms with Crippen LogP contribution in [0.2, 0.25) is 0 Å². The molecule has 0 saturated heterocycles. The molecule has 0 unspecified atom stereocenters. The number of rotatable bonds is 2. The Morgan fingerprint density at radius 1 is 1.25 bits per heavy atom. The fourth-order valence-electron chi connectivity index (χ4n) is 2.79. The standard InChI is InChI=1S/C15H15N3O2/c1-3-18-12(14(16)19)8-10-13(18)9-6-4-5-7-11(9)17(2)15(10)20/h4-8H,3H2,1-2H3,(H2,16,19). The molecule has 3 rings (SSSR count). The largest absolute Gasteiger partial charge is 0.364 e. The lowest BCUT2D eigenvalue weighted by atomic mass is 10.1. The van der Waals surface area contributed by atoms with Crippen molar-refractivity contribution in [1.29, 1.82) is 0 Å². The van der Waals surface area contributed by atoms with E-state index in [2.05, 4.69) is 0 Å². The van der Waals surface area contributed by atoms with Gasteiger partial charge in [0.2, 0.25) is 0 Å². The van der Waals surface area contributed by atoms with E-state index in [-0.39, 0.29) is 5.56 Å². The van der Waals surface area contributed by atoms with Gasteiger partial charge in [-0.2, -0.15) is 0 Å². The third kappa shape index (κ3) is 1.49. The normalized spacial score (nSPS) is 11.3. The van der Waals surface area contributed by atoms with Crippen LogP contribution in [-0.4, -0.2) is 15.0 Å². The van der Waals surface area contributed by atoms with Crippen LogP contribution in [0.4, 0.5) is 0 Å². The number of amides is 1. The smallest absolute Gasteiger partial charge is 0.265 e. The molecule has 1 aromatic carbocycles. The highest BCUT2D eigenvalue weighted by molar-refractivity contribution is 6.07. The highest BCUT2D eigenvalue weighted by Gasteiger charge is 2.18. The molecule has 0 atom stereocenters. The second kappa shape index (κ2) is 4.23. The van der Waals surface area contributed by atoms with Gasteiger partial charge in [-0.25, -0.2) is 0 Å². The summed E-state index contributed by atoms with van der Waals surface area (Å²) >= 11 is 0. The van der Waals surface area contributed by atoms with Crippen LogP contribution in [0.25, 0.3) is 21.8 Å². The number of carbonyl (C=O) groups excluding carboxylic acids is 1. The molecule has 0 aliphatic carbocycles. The minimum absolute atomic E-state index is 0.117. The van der Waals surface area contributed by atoms with Gasteiger partial charge in [-0.15, -0.1) is 0 Å². The third-order valence-electron chi connectivity index (χ3n) is 3.72. The Labute approximate surface area is 115 Å². The Morgan fingerprint density at radius 2 is 1.95 bits per heavy atom. The summed E-state index contributed by atoms with van der Waals surface area (Å²) < 4.78 is 3.41. The number of nitrogens with zero attached hydrogens (tertiary/aromatic N) is 2. The minimum atomic E-state index is -0.519. The number of benzene rings is 1. The average molecular weight is 269 g/mol. The van der Waals surface area contributed by atoms with Crippen molar-refractivity contribution in [1.82, 2.24) is 9.13 Å². The molecule has 2 N–H and O–H groups in total. The first-order valence-corrected chi connectivity index (χ1v) is 6.47. The molecule has 0 fully saturated rings. The molecule has 102 valence electrons. The van der Waals surface area contributed by atoms with Gasteiger partial charge in [0, 0.05) is 19.0 Å². The highest BCUT2D eigenvalue weighted by Crippen LogP contribution is 2.25. The van der Waals surface area contributed by atoms with Crippen LogP contribution in [0.1, 0.15) is 17.4 Å². The summed E-state index contributed by atoms with van der Waals surface area (Å²) in [5.74, 6) is -0.519. The van der Waals surface area contributed by atoms with Crippen LogP contribution < -0.4 is 11.3 Å². The molecule has 2 heterocycles.